The van der Waals surface area contributed by atoms with Crippen molar-refractivity contribution in [3.05, 3.63) is 60.7 Å². The summed E-state index contributed by atoms with van der Waals surface area (Å²) in [6, 6.07) is 9.13. The highest BCUT2D eigenvalue weighted by Gasteiger charge is 2.32. The van der Waals surface area contributed by atoms with E-state index in [4.69, 9.17) is 9.88 Å². The number of halogens is 3. The lowest BCUT2D eigenvalue weighted by Gasteiger charge is -2.16. The molecule has 15 heteroatoms. The lowest BCUT2D eigenvalue weighted by Crippen LogP contribution is -2.17. The Morgan fingerprint density at radius 3 is 2.43 bits per heavy atom. The fourth-order valence-corrected chi connectivity index (χ4v) is 4.62. The van der Waals surface area contributed by atoms with E-state index in [1.165, 1.54) is 43.0 Å². The molecule has 4 aromatic rings. The van der Waals surface area contributed by atoms with Gasteiger partial charge in [0.1, 0.15) is 45.1 Å². The number of nitrogens with two attached hydrogens (primary N) is 1. The molecule has 2 aromatic carbocycles. The summed E-state index contributed by atoms with van der Waals surface area (Å²) in [5, 5.41) is 22.7. The van der Waals surface area contributed by atoms with Crippen molar-refractivity contribution in [1.29, 1.82) is 5.26 Å². The summed E-state index contributed by atoms with van der Waals surface area (Å²) in [7, 11) is -4.43. The van der Waals surface area contributed by atoms with E-state index in [2.05, 4.69) is 24.3 Å². The van der Waals surface area contributed by atoms with Crippen LogP contribution in [0.5, 0.6) is 17.2 Å². The molecular weight excluding hydrogens is 509 g/mol. The van der Waals surface area contributed by atoms with Gasteiger partial charge in [0.2, 0.25) is 10.0 Å². The zero-order valence-electron chi connectivity index (χ0n) is 17.1. The molecule has 0 fully saturated rings. The first kappa shape index (κ1) is 24.0. The second-order valence-electron chi connectivity index (χ2n) is 6.66. The van der Waals surface area contributed by atoms with Crippen LogP contribution in [0.3, 0.4) is 0 Å². The number of nitriles is 1. The summed E-state index contributed by atoms with van der Waals surface area (Å²) >= 11 is 0.891. The highest BCUT2D eigenvalue weighted by molar-refractivity contribution is 7.89. The van der Waals surface area contributed by atoms with Crippen LogP contribution in [0.1, 0.15) is 5.56 Å². The maximum atomic E-state index is 12.7. The monoisotopic (exact) mass is 520 g/mol. The Bertz CT molecular complexity index is 1520. The van der Waals surface area contributed by atoms with Crippen molar-refractivity contribution in [2.75, 3.05) is 0 Å². The van der Waals surface area contributed by atoms with Crippen molar-refractivity contribution < 1.29 is 31.1 Å². The molecule has 2 heterocycles. The first-order chi connectivity index (χ1) is 16.6. The quantitative estimate of drug-likeness (QED) is 0.399. The van der Waals surface area contributed by atoms with Gasteiger partial charge in [0.05, 0.1) is 12.4 Å². The average molecular weight is 520 g/mol. The number of rotatable bonds is 6. The smallest absolute Gasteiger partial charge is 0.455 e. The van der Waals surface area contributed by atoms with Crippen molar-refractivity contribution >= 4 is 21.6 Å². The minimum Gasteiger partial charge on any atom is -0.455 e. The molecule has 0 amide bonds. The molecule has 0 spiro atoms. The number of ether oxygens (including phenoxy) is 2. The van der Waals surface area contributed by atoms with Crippen LogP contribution in [-0.2, 0) is 10.0 Å². The molecule has 0 aliphatic carbocycles. The van der Waals surface area contributed by atoms with E-state index in [1.807, 2.05) is 0 Å². The summed E-state index contributed by atoms with van der Waals surface area (Å²) in [5.74, 6) is -0.764. The summed E-state index contributed by atoms with van der Waals surface area (Å²) in [4.78, 5) is 3.43. The largest absolute Gasteiger partial charge is 0.573 e. The Labute approximate surface area is 199 Å². The number of nitrogens with zero attached hydrogens (tertiary/aromatic N) is 5. The minimum absolute atomic E-state index is 0.0203. The summed E-state index contributed by atoms with van der Waals surface area (Å²) in [6.07, 6.45) is -1.13. The summed E-state index contributed by atoms with van der Waals surface area (Å²) < 4.78 is 76.6. The van der Waals surface area contributed by atoms with Crippen LogP contribution < -0.4 is 14.6 Å². The van der Waals surface area contributed by atoms with E-state index in [0.717, 1.165) is 23.7 Å². The third-order valence-corrected chi connectivity index (χ3v) is 6.10. The molecule has 0 radical (unpaired) electrons. The predicted molar refractivity (Wildman–Crippen MR) is 116 cm³/mol. The highest BCUT2D eigenvalue weighted by atomic mass is 32.2. The van der Waals surface area contributed by atoms with Gasteiger partial charge in [0.15, 0.2) is 0 Å². The van der Waals surface area contributed by atoms with Gasteiger partial charge in [0, 0.05) is 16.7 Å². The molecule has 0 aliphatic rings. The topological polar surface area (TPSA) is 154 Å². The van der Waals surface area contributed by atoms with E-state index >= 15 is 0 Å². The van der Waals surface area contributed by atoms with Crippen molar-refractivity contribution in [2.45, 2.75) is 11.3 Å². The molecule has 0 aliphatic heterocycles. The minimum atomic E-state index is -4.94. The van der Waals surface area contributed by atoms with Gasteiger partial charge in [-0.1, -0.05) is 0 Å². The van der Waals surface area contributed by atoms with Gasteiger partial charge in [-0.3, -0.25) is 0 Å². The molecule has 0 atom stereocenters. The maximum absolute atomic E-state index is 12.7. The van der Waals surface area contributed by atoms with Gasteiger partial charge < -0.3 is 9.47 Å². The van der Waals surface area contributed by atoms with Crippen LogP contribution in [-0.4, -0.2) is 34.3 Å². The first-order valence-electron chi connectivity index (χ1n) is 9.28. The van der Waals surface area contributed by atoms with Gasteiger partial charge >= 0.3 is 6.36 Å². The van der Waals surface area contributed by atoms with Crippen LogP contribution in [0.25, 0.3) is 21.7 Å². The summed E-state index contributed by atoms with van der Waals surface area (Å²) in [5.41, 5.74) is 0.0511. The lowest BCUT2D eigenvalue weighted by atomic mass is 10.1. The van der Waals surface area contributed by atoms with Gasteiger partial charge in [-0.25, -0.2) is 18.5 Å². The number of hydrogen-bond acceptors (Lipinski definition) is 10. The Morgan fingerprint density at radius 1 is 1.06 bits per heavy atom. The van der Waals surface area contributed by atoms with Crippen LogP contribution in [0.15, 0.2) is 60.0 Å². The van der Waals surface area contributed by atoms with Gasteiger partial charge in [-0.2, -0.15) is 19.8 Å². The number of sulfonamides is 1. The molecule has 0 saturated carbocycles. The highest BCUT2D eigenvalue weighted by Crippen LogP contribution is 2.41. The van der Waals surface area contributed by atoms with Crippen LogP contribution in [0.2, 0.25) is 0 Å². The van der Waals surface area contributed by atoms with Crippen molar-refractivity contribution in [2.24, 2.45) is 5.14 Å². The van der Waals surface area contributed by atoms with E-state index in [0.29, 0.717) is 5.56 Å². The van der Waals surface area contributed by atoms with Crippen molar-refractivity contribution in [3.8, 4) is 45.0 Å². The van der Waals surface area contributed by atoms with E-state index in [1.54, 1.807) is 6.07 Å². The number of benzene rings is 2. The normalized spacial score (nSPS) is 11.6. The Morgan fingerprint density at radius 2 is 1.83 bits per heavy atom. The van der Waals surface area contributed by atoms with Gasteiger partial charge in [-0.15, -0.1) is 13.2 Å². The van der Waals surface area contributed by atoms with Crippen LogP contribution >= 0.6 is 11.5 Å². The number of primary sulfonamides is 1. The molecule has 2 aromatic heterocycles. The molecule has 35 heavy (non-hydrogen) atoms. The molecule has 178 valence electrons. The van der Waals surface area contributed by atoms with E-state index < -0.39 is 32.6 Å². The second kappa shape index (κ2) is 9.25. The second-order valence-corrected chi connectivity index (χ2v) is 8.94. The van der Waals surface area contributed by atoms with E-state index in [9.17, 15) is 26.9 Å². The SMILES string of the molecule is N#Cc1c(Oc2ccc(OC(F)(F)F)cc2-c2ccnnc2)ccc(-c2ncns2)c1S(N)(=O)=O. The molecule has 2 N–H and O–H groups in total. The van der Waals surface area contributed by atoms with Gasteiger partial charge in [-0.05, 0) is 47.9 Å². The molecule has 4 rings (SSSR count). The molecule has 0 saturated heterocycles. The van der Waals surface area contributed by atoms with Crippen LogP contribution in [0, 0.1) is 11.3 Å². The third kappa shape index (κ3) is 5.35. The maximum Gasteiger partial charge on any atom is 0.573 e. The van der Waals surface area contributed by atoms with Crippen LogP contribution in [0.4, 0.5) is 13.2 Å². The Hall–Kier alpha value is -4.13. The average Bonchev–Trinajstić information content (AvgIpc) is 3.33. The Balaban J connectivity index is 1.87. The number of alkyl halides is 3. The molecule has 0 bridgehead atoms. The molecule has 10 nitrogen and oxygen atoms in total. The standard InChI is InChI=1S/C20H11F3N6O4S2/c21-20(22,23)33-12-1-3-16(14(7-12)11-5-6-27-28-9-11)32-17-4-2-13(19-26-10-29-34-19)18(15(17)8-24)35(25,30)31/h1-7,9-10H,(H2,25,30,31). The Kier molecular flexibility index (Phi) is 6.35. The van der Waals surface area contributed by atoms with Crippen molar-refractivity contribution in [1.82, 2.24) is 19.6 Å². The molecular formula is C20H11F3N6O4S2. The first-order valence-corrected chi connectivity index (χ1v) is 11.6. The zero-order chi connectivity index (χ0) is 25.2. The number of aromatic nitrogens is 4. The molecule has 0 unspecified atom stereocenters. The fourth-order valence-electron chi connectivity index (χ4n) is 3.10. The van der Waals surface area contributed by atoms with E-state index in [-0.39, 0.29) is 27.6 Å². The number of hydrogen-bond donors (Lipinski definition) is 1. The fraction of sp³-hybridized carbons (Fsp3) is 0.0500. The zero-order valence-corrected chi connectivity index (χ0v) is 18.7. The third-order valence-electron chi connectivity index (χ3n) is 4.41. The summed E-state index contributed by atoms with van der Waals surface area (Å²) in [6.45, 7) is 0. The van der Waals surface area contributed by atoms with Gasteiger partial charge in [0.25, 0.3) is 0 Å². The lowest BCUT2D eigenvalue weighted by molar-refractivity contribution is -0.274. The van der Waals surface area contributed by atoms with Crippen molar-refractivity contribution in [3.63, 3.8) is 0 Å². The predicted octanol–water partition coefficient (Wildman–Crippen LogP) is 3.87.